The first-order valence-corrected chi connectivity index (χ1v) is 3.81. The van der Waals surface area contributed by atoms with Crippen molar-refractivity contribution in [2.24, 2.45) is 0 Å². The van der Waals surface area contributed by atoms with Gasteiger partial charge in [0.2, 0.25) is 0 Å². The Bertz CT molecular complexity index is 133. The molecule has 2 heterocycles. The molecule has 1 unspecified atom stereocenters. The SMILES string of the molecule is CCC1(CC)CN2O[C]2O1. The van der Waals surface area contributed by atoms with Crippen LogP contribution in [-0.4, -0.2) is 17.2 Å². The number of ether oxygens (including phenoxy) is 1. The van der Waals surface area contributed by atoms with Gasteiger partial charge in [-0.1, -0.05) is 13.8 Å². The van der Waals surface area contributed by atoms with E-state index in [4.69, 9.17) is 9.57 Å². The van der Waals surface area contributed by atoms with Crippen molar-refractivity contribution >= 4 is 0 Å². The van der Waals surface area contributed by atoms with Crippen LogP contribution >= 0.6 is 0 Å². The lowest BCUT2D eigenvalue weighted by atomic mass is 9.98. The average molecular weight is 142 g/mol. The molecule has 2 fully saturated rings. The molecule has 0 amide bonds. The van der Waals surface area contributed by atoms with Crippen LogP contribution in [0.4, 0.5) is 0 Å². The third-order valence-corrected chi connectivity index (χ3v) is 2.38. The summed E-state index contributed by atoms with van der Waals surface area (Å²) in [5, 5.41) is 1.81. The third-order valence-electron chi connectivity index (χ3n) is 2.38. The molecule has 0 spiro atoms. The maximum atomic E-state index is 5.54. The number of fused-ring (bicyclic) bond motifs is 1. The topological polar surface area (TPSA) is 24.8 Å². The fraction of sp³-hybridized carbons (Fsp3) is 0.857. The molecule has 0 N–H and O–H groups in total. The molecule has 3 nitrogen and oxygen atoms in total. The Morgan fingerprint density at radius 3 is 2.50 bits per heavy atom. The minimum atomic E-state index is 0.0631. The zero-order valence-corrected chi connectivity index (χ0v) is 6.39. The standard InChI is InChI=1S/C7H12NO2/c1-3-7(4-2)5-8-6(9-7)10-8/h3-5H2,1-2H3. The number of hydrogen-bond donors (Lipinski definition) is 0. The Balaban J connectivity index is 2.02. The van der Waals surface area contributed by atoms with E-state index in [0.29, 0.717) is 0 Å². The first-order valence-electron chi connectivity index (χ1n) is 3.81. The maximum Gasteiger partial charge on any atom is 0.346 e. The van der Waals surface area contributed by atoms with E-state index in [1.54, 1.807) is 0 Å². The minimum Gasteiger partial charge on any atom is -0.321 e. The van der Waals surface area contributed by atoms with E-state index in [2.05, 4.69) is 13.8 Å². The molecule has 1 atom stereocenters. The number of nitrogens with zero attached hydrogens (tertiary/aromatic N) is 1. The predicted molar refractivity (Wildman–Crippen MR) is 35.4 cm³/mol. The molecule has 10 heavy (non-hydrogen) atoms. The largest absolute Gasteiger partial charge is 0.346 e. The molecule has 0 aliphatic carbocycles. The zero-order valence-electron chi connectivity index (χ0n) is 6.39. The molecule has 0 aromatic carbocycles. The molecule has 1 radical (unpaired) electrons. The highest BCUT2D eigenvalue weighted by Gasteiger charge is 2.56. The van der Waals surface area contributed by atoms with Gasteiger partial charge in [0.25, 0.3) is 0 Å². The second-order valence-corrected chi connectivity index (χ2v) is 2.89. The van der Waals surface area contributed by atoms with Crippen LogP contribution in [0.1, 0.15) is 26.7 Å². The van der Waals surface area contributed by atoms with Crippen LogP contribution in [0.2, 0.25) is 0 Å². The van der Waals surface area contributed by atoms with Crippen molar-refractivity contribution < 1.29 is 9.57 Å². The average Bonchev–Trinajstić information content (AvgIpc) is 2.60. The Morgan fingerprint density at radius 1 is 1.50 bits per heavy atom. The van der Waals surface area contributed by atoms with Crippen LogP contribution in [0, 0.1) is 6.41 Å². The van der Waals surface area contributed by atoms with Gasteiger partial charge in [-0.25, -0.2) is 4.84 Å². The highest BCUT2D eigenvalue weighted by Crippen LogP contribution is 2.45. The van der Waals surface area contributed by atoms with Crippen molar-refractivity contribution in [3.05, 3.63) is 6.41 Å². The summed E-state index contributed by atoms with van der Waals surface area (Å²) < 4.78 is 5.54. The van der Waals surface area contributed by atoms with Gasteiger partial charge in [0.05, 0.1) is 12.1 Å². The van der Waals surface area contributed by atoms with Crippen LogP contribution in [0.15, 0.2) is 0 Å². The molecule has 2 aliphatic rings. The Kier molecular flexibility index (Phi) is 1.27. The van der Waals surface area contributed by atoms with E-state index in [1.807, 2.05) is 5.06 Å². The number of hydroxylamine groups is 2. The van der Waals surface area contributed by atoms with E-state index in [-0.39, 0.29) is 5.60 Å². The van der Waals surface area contributed by atoms with Gasteiger partial charge in [0.1, 0.15) is 0 Å². The van der Waals surface area contributed by atoms with Gasteiger partial charge in [-0.15, -0.1) is 5.06 Å². The fourth-order valence-electron chi connectivity index (χ4n) is 1.34. The molecular weight excluding hydrogens is 130 g/mol. The van der Waals surface area contributed by atoms with E-state index < -0.39 is 0 Å². The van der Waals surface area contributed by atoms with Crippen LogP contribution in [-0.2, 0) is 9.57 Å². The normalized spacial score (nSPS) is 36.0. The maximum absolute atomic E-state index is 5.54. The first-order chi connectivity index (χ1) is 4.79. The smallest absolute Gasteiger partial charge is 0.321 e. The Labute approximate surface area is 60.9 Å². The second-order valence-electron chi connectivity index (χ2n) is 2.89. The molecule has 0 aromatic heterocycles. The molecule has 2 aliphatic heterocycles. The molecule has 2 saturated heterocycles. The summed E-state index contributed by atoms with van der Waals surface area (Å²) in [6, 6.07) is 0. The van der Waals surface area contributed by atoms with Gasteiger partial charge in [-0.05, 0) is 12.8 Å². The minimum absolute atomic E-state index is 0.0631. The van der Waals surface area contributed by atoms with Crippen molar-refractivity contribution in [3.8, 4) is 0 Å². The quantitative estimate of drug-likeness (QED) is 0.543. The molecule has 2 rings (SSSR count). The summed E-state index contributed by atoms with van der Waals surface area (Å²) in [7, 11) is 0. The van der Waals surface area contributed by atoms with E-state index in [9.17, 15) is 0 Å². The zero-order chi connectivity index (χ0) is 7.19. The summed E-state index contributed by atoms with van der Waals surface area (Å²) >= 11 is 0. The van der Waals surface area contributed by atoms with Gasteiger partial charge in [0, 0.05) is 0 Å². The van der Waals surface area contributed by atoms with Crippen molar-refractivity contribution in [2.75, 3.05) is 6.54 Å². The van der Waals surface area contributed by atoms with E-state index in [0.717, 1.165) is 25.8 Å². The van der Waals surface area contributed by atoms with Crippen LogP contribution in [0.5, 0.6) is 0 Å². The molecule has 0 aromatic rings. The van der Waals surface area contributed by atoms with Gasteiger partial charge in [-0.2, -0.15) is 0 Å². The monoisotopic (exact) mass is 142 g/mol. The summed E-state index contributed by atoms with van der Waals surface area (Å²) in [6.45, 7) is 5.21. The highest BCUT2D eigenvalue weighted by atomic mass is 17.0. The van der Waals surface area contributed by atoms with Crippen LogP contribution in [0.25, 0.3) is 0 Å². The molecule has 57 valence electrons. The molecular formula is C7H12NO2. The van der Waals surface area contributed by atoms with Crippen LogP contribution in [0.3, 0.4) is 0 Å². The summed E-state index contributed by atoms with van der Waals surface area (Å²) in [5.41, 5.74) is 0.0631. The predicted octanol–water partition coefficient (Wildman–Crippen LogP) is 1.27. The van der Waals surface area contributed by atoms with E-state index >= 15 is 0 Å². The Hall–Kier alpha value is -0.120. The fourth-order valence-corrected chi connectivity index (χ4v) is 1.34. The summed E-state index contributed by atoms with van der Waals surface area (Å²) in [6.07, 6.45) is 2.85. The van der Waals surface area contributed by atoms with E-state index in [1.165, 1.54) is 0 Å². The highest BCUT2D eigenvalue weighted by molar-refractivity contribution is 4.96. The molecule has 3 heteroatoms. The van der Waals surface area contributed by atoms with Gasteiger partial charge >= 0.3 is 6.41 Å². The summed E-state index contributed by atoms with van der Waals surface area (Å²) in [5.74, 6) is 0. The van der Waals surface area contributed by atoms with Gasteiger partial charge < -0.3 is 4.74 Å². The third kappa shape index (κ3) is 0.779. The van der Waals surface area contributed by atoms with Crippen molar-refractivity contribution in [2.45, 2.75) is 32.3 Å². The molecule has 0 saturated carbocycles. The number of rotatable bonds is 2. The summed E-state index contributed by atoms with van der Waals surface area (Å²) in [4.78, 5) is 4.94. The van der Waals surface area contributed by atoms with Crippen LogP contribution < -0.4 is 0 Å². The Morgan fingerprint density at radius 2 is 2.20 bits per heavy atom. The van der Waals surface area contributed by atoms with Crippen molar-refractivity contribution in [3.63, 3.8) is 0 Å². The van der Waals surface area contributed by atoms with Gasteiger partial charge in [-0.3, -0.25) is 0 Å². The first kappa shape index (κ1) is 6.58. The van der Waals surface area contributed by atoms with Crippen molar-refractivity contribution in [1.29, 1.82) is 0 Å². The van der Waals surface area contributed by atoms with Crippen molar-refractivity contribution in [1.82, 2.24) is 5.06 Å². The lowest BCUT2D eigenvalue weighted by Crippen LogP contribution is -2.32. The lowest BCUT2D eigenvalue weighted by molar-refractivity contribution is -0.0527. The number of hydrogen-bond acceptors (Lipinski definition) is 3. The second kappa shape index (κ2) is 1.94. The lowest BCUT2D eigenvalue weighted by Gasteiger charge is -2.24. The molecule has 0 bridgehead atoms. The van der Waals surface area contributed by atoms with Gasteiger partial charge in [0.15, 0.2) is 0 Å².